The normalized spacial score (nSPS) is 10.8. The number of hydrogen-bond donors (Lipinski definition) is 1. The van der Waals surface area contributed by atoms with Crippen LogP contribution in [0.4, 0.5) is 0 Å². The third kappa shape index (κ3) is 2.74. The molecule has 2 aromatic carbocycles. The van der Waals surface area contributed by atoms with Gasteiger partial charge in [-0.2, -0.15) is 0 Å². The summed E-state index contributed by atoms with van der Waals surface area (Å²) in [5.41, 5.74) is 1.90. The van der Waals surface area contributed by atoms with Gasteiger partial charge < -0.3 is 9.72 Å². The van der Waals surface area contributed by atoms with Gasteiger partial charge in [-0.05, 0) is 30.3 Å². The minimum Gasteiger partial charge on any atom is -0.484 e. The van der Waals surface area contributed by atoms with Crippen LogP contribution in [0.2, 0.25) is 5.02 Å². The highest BCUT2D eigenvalue weighted by atomic mass is 79.9. The number of fused-ring (bicyclic) bond motifs is 1. The van der Waals surface area contributed by atoms with Gasteiger partial charge in [-0.15, -0.1) is 0 Å². The molecule has 3 nitrogen and oxygen atoms in total. The summed E-state index contributed by atoms with van der Waals surface area (Å²) in [6.07, 6.45) is 0. The number of aromatic amines is 1. The van der Waals surface area contributed by atoms with Gasteiger partial charge >= 0.3 is 0 Å². The molecule has 0 radical (unpaired) electrons. The van der Waals surface area contributed by atoms with Crippen LogP contribution in [-0.2, 0) is 6.61 Å². The lowest BCUT2D eigenvalue weighted by Gasteiger charge is -2.05. The number of aromatic nitrogens is 2. The van der Waals surface area contributed by atoms with Crippen LogP contribution < -0.4 is 4.74 Å². The Bertz CT molecular complexity index is 726. The van der Waals surface area contributed by atoms with Crippen molar-refractivity contribution >= 4 is 38.6 Å². The van der Waals surface area contributed by atoms with Gasteiger partial charge in [0, 0.05) is 4.47 Å². The Hall–Kier alpha value is -1.52. The predicted molar refractivity (Wildman–Crippen MR) is 79.6 cm³/mol. The summed E-state index contributed by atoms with van der Waals surface area (Å²) in [5.74, 6) is 1.43. The molecule has 0 aliphatic heterocycles. The Morgan fingerprint density at radius 1 is 1.21 bits per heavy atom. The lowest BCUT2D eigenvalue weighted by atomic mass is 10.3. The average Bonchev–Trinajstić information content (AvgIpc) is 2.79. The van der Waals surface area contributed by atoms with Gasteiger partial charge in [-0.1, -0.05) is 39.7 Å². The van der Waals surface area contributed by atoms with E-state index in [1.54, 1.807) is 6.07 Å². The van der Waals surface area contributed by atoms with Crippen LogP contribution in [0.15, 0.2) is 46.9 Å². The van der Waals surface area contributed by atoms with Crippen molar-refractivity contribution in [2.45, 2.75) is 6.61 Å². The maximum absolute atomic E-state index is 6.03. The zero-order valence-corrected chi connectivity index (χ0v) is 12.2. The van der Waals surface area contributed by atoms with E-state index in [1.165, 1.54) is 0 Å². The summed E-state index contributed by atoms with van der Waals surface area (Å²) in [5, 5.41) is 0.598. The summed E-state index contributed by atoms with van der Waals surface area (Å²) >= 11 is 9.46. The fraction of sp³-hybridized carbons (Fsp3) is 0.0714. The number of rotatable bonds is 3. The molecule has 19 heavy (non-hydrogen) atoms. The zero-order valence-electron chi connectivity index (χ0n) is 9.86. The third-order valence-electron chi connectivity index (χ3n) is 2.69. The first-order valence-corrected chi connectivity index (χ1v) is 6.91. The van der Waals surface area contributed by atoms with Gasteiger partial charge in [-0.25, -0.2) is 4.98 Å². The number of ether oxygens (including phenoxy) is 1. The molecule has 1 N–H and O–H groups in total. The molecule has 0 aliphatic rings. The van der Waals surface area contributed by atoms with Crippen molar-refractivity contribution in [3.05, 3.63) is 57.8 Å². The maximum Gasteiger partial charge on any atom is 0.146 e. The van der Waals surface area contributed by atoms with E-state index in [4.69, 9.17) is 16.3 Å². The molecule has 0 saturated heterocycles. The van der Waals surface area contributed by atoms with E-state index in [-0.39, 0.29) is 0 Å². The maximum atomic E-state index is 6.03. The van der Waals surface area contributed by atoms with Crippen molar-refractivity contribution in [2.75, 3.05) is 0 Å². The molecule has 1 aromatic heterocycles. The Kier molecular flexibility index (Phi) is 3.44. The minimum atomic E-state index is 0.357. The quantitative estimate of drug-likeness (QED) is 0.761. The molecular formula is C14H10BrClN2O. The van der Waals surface area contributed by atoms with Crippen molar-refractivity contribution in [1.82, 2.24) is 9.97 Å². The minimum absolute atomic E-state index is 0.357. The van der Waals surface area contributed by atoms with Crippen LogP contribution in [0, 0.1) is 0 Å². The number of hydrogen-bond acceptors (Lipinski definition) is 2. The van der Waals surface area contributed by atoms with Crippen molar-refractivity contribution in [1.29, 1.82) is 0 Å². The first kappa shape index (κ1) is 12.5. The van der Waals surface area contributed by atoms with Gasteiger partial charge in [0.2, 0.25) is 0 Å². The molecule has 0 fully saturated rings. The molecule has 5 heteroatoms. The number of imidazole rings is 1. The van der Waals surface area contributed by atoms with Crippen LogP contribution in [0.1, 0.15) is 5.82 Å². The van der Waals surface area contributed by atoms with Gasteiger partial charge in [0.15, 0.2) is 0 Å². The van der Waals surface area contributed by atoms with Crippen LogP contribution in [0.3, 0.4) is 0 Å². The van der Waals surface area contributed by atoms with Gasteiger partial charge in [-0.3, -0.25) is 0 Å². The van der Waals surface area contributed by atoms with Crippen LogP contribution in [0.5, 0.6) is 5.75 Å². The second-order valence-electron chi connectivity index (χ2n) is 4.06. The highest BCUT2D eigenvalue weighted by Crippen LogP contribution is 2.24. The van der Waals surface area contributed by atoms with Crippen LogP contribution in [-0.4, -0.2) is 9.97 Å². The highest BCUT2D eigenvalue weighted by molar-refractivity contribution is 9.10. The third-order valence-corrected chi connectivity index (χ3v) is 3.50. The summed E-state index contributed by atoms with van der Waals surface area (Å²) in [4.78, 5) is 7.67. The average molecular weight is 338 g/mol. The van der Waals surface area contributed by atoms with E-state index in [9.17, 15) is 0 Å². The van der Waals surface area contributed by atoms with Crippen LogP contribution in [0.25, 0.3) is 11.0 Å². The molecule has 0 bridgehead atoms. The number of nitrogens with zero attached hydrogens (tertiary/aromatic N) is 1. The first-order chi connectivity index (χ1) is 9.22. The second-order valence-corrected chi connectivity index (χ2v) is 5.39. The van der Waals surface area contributed by atoms with Crippen molar-refractivity contribution in [3.63, 3.8) is 0 Å². The highest BCUT2D eigenvalue weighted by Gasteiger charge is 2.05. The zero-order chi connectivity index (χ0) is 13.2. The molecule has 3 aromatic rings. The van der Waals surface area contributed by atoms with Gasteiger partial charge in [0.25, 0.3) is 0 Å². The van der Waals surface area contributed by atoms with Crippen LogP contribution >= 0.6 is 27.5 Å². The van der Waals surface area contributed by atoms with Gasteiger partial charge in [0.05, 0.1) is 16.1 Å². The number of H-pyrrole nitrogens is 1. The van der Waals surface area contributed by atoms with E-state index in [0.717, 1.165) is 21.3 Å². The molecule has 3 rings (SSSR count). The summed E-state index contributed by atoms with van der Waals surface area (Å²) in [6.45, 7) is 0.357. The summed E-state index contributed by atoms with van der Waals surface area (Å²) < 4.78 is 6.66. The Morgan fingerprint density at radius 3 is 2.89 bits per heavy atom. The summed E-state index contributed by atoms with van der Waals surface area (Å²) in [7, 11) is 0. The van der Waals surface area contributed by atoms with Gasteiger partial charge in [0.1, 0.15) is 18.2 Å². The molecule has 1 heterocycles. The van der Waals surface area contributed by atoms with E-state index < -0.39 is 0 Å². The number of halogens is 2. The first-order valence-electron chi connectivity index (χ1n) is 5.74. The molecule has 0 saturated carbocycles. The Labute approximate surface area is 123 Å². The Balaban J connectivity index is 1.80. The number of benzene rings is 2. The monoisotopic (exact) mass is 336 g/mol. The molecule has 0 aliphatic carbocycles. The molecule has 0 atom stereocenters. The van der Waals surface area contributed by atoms with Crippen molar-refractivity contribution in [2.24, 2.45) is 0 Å². The topological polar surface area (TPSA) is 37.9 Å². The Morgan fingerprint density at radius 2 is 2.05 bits per heavy atom. The van der Waals surface area contributed by atoms with Crippen molar-refractivity contribution in [3.8, 4) is 5.75 Å². The van der Waals surface area contributed by atoms with E-state index in [2.05, 4.69) is 25.9 Å². The number of para-hydroxylation sites is 1. The van der Waals surface area contributed by atoms with E-state index in [0.29, 0.717) is 17.4 Å². The largest absolute Gasteiger partial charge is 0.484 e. The predicted octanol–water partition coefficient (Wildman–Crippen LogP) is 4.56. The van der Waals surface area contributed by atoms with E-state index >= 15 is 0 Å². The lowest BCUT2D eigenvalue weighted by Crippen LogP contribution is -1.97. The number of nitrogens with one attached hydrogen (secondary N) is 1. The lowest BCUT2D eigenvalue weighted by molar-refractivity contribution is 0.298. The van der Waals surface area contributed by atoms with E-state index in [1.807, 2.05) is 36.4 Å². The summed E-state index contributed by atoms with van der Waals surface area (Å²) in [6, 6.07) is 13.3. The molecule has 0 amide bonds. The van der Waals surface area contributed by atoms with Crippen molar-refractivity contribution < 1.29 is 4.74 Å². The SMILES string of the molecule is Clc1ccccc1OCc1nc2ccc(Br)cc2[nH]1. The standard InChI is InChI=1S/C14H10BrClN2O/c15-9-5-6-11-12(7-9)18-14(17-11)8-19-13-4-2-1-3-10(13)16/h1-7H,8H2,(H,17,18). The smallest absolute Gasteiger partial charge is 0.146 e. The molecule has 0 unspecified atom stereocenters. The fourth-order valence-electron chi connectivity index (χ4n) is 1.81. The molecule has 0 spiro atoms. The molecular weight excluding hydrogens is 328 g/mol. The second kappa shape index (κ2) is 5.23. The molecule has 96 valence electrons. The fourth-order valence-corrected chi connectivity index (χ4v) is 2.36.